The van der Waals surface area contributed by atoms with Gasteiger partial charge in [-0.05, 0) is 60.2 Å². The van der Waals surface area contributed by atoms with Crippen molar-refractivity contribution in [2.24, 2.45) is 17.8 Å². The van der Waals surface area contributed by atoms with Crippen molar-refractivity contribution < 1.29 is 0 Å². The topological polar surface area (TPSA) is 140 Å². The van der Waals surface area contributed by atoms with Gasteiger partial charge < -0.3 is 10.3 Å². The van der Waals surface area contributed by atoms with Gasteiger partial charge in [-0.2, -0.15) is 15.8 Å². The van der Waals surface area contributed by atoms with E-state index >= 15 is 0 Å². The molecule has 0 aliphatic rings. The zero-order chi connectivity index (χ0) is 29.7. The van der Waals surface area contributed by atoms with Crippen LogP contribution in [0.1, 0.15) is 44.8 Å². The highest BCUT2D eigenvalue weighted by atomic mass is 15.0. The number of aliphatic imine (C=N–C) groups is 1. The number of nitriles is 3. The molecule has 3 aromatic carbocycles. The van der Waals surface area contributed by atoms with E-state index in [-0.39, 0.29) is 5.69 Å². The number of hydrogen-bond acceptors (Lipinski definition) is 7. The van der Waals surface area contributed by atoms with Crippen molar-refractivity contribution in [1.29, 1.82) is 15.8 Å². The van der Waals surface area contributed by atoms with Crippen molar-refractivity contribution in [3.05, 3.63) is 136 Å². The number of nitrogens with zero attached hydrogens (tertiary/aromatic N) is 7. The van der Waals surface area contributed by atoms with Crippen LogP contribution >= 0.6 is 0 Å². The van der Waals surface area contributed by atoms with E-state index in [1.54, 1.807) is 30.9 Å². The van der Waals surface area contributed by atoms with Crippen molar-refractivity contribution in [2.45, 2.75) is 18.8 Å². The summed E-state index contributed by atoms with van der Waals surface area (Å²) in [5.74, 6) is 0. The van der Waals surface area contributed by atoms with Crippen molar-refractivity contribution in [2.75, 3.05) is 0 Å². The lowest BCUT2D eigenvalue weighted by Gasteiger charge is -2.29. The minimum absolute atomic E-state index is 0.193. The van der Waals surface area contributed by atoms with E-state index in [0.29, 0.717) is 39.7 Å². The largest absolute Gasteiger partial charge is 0.405 e. The number of hydrogen-bond donors (Lipinski definition) is 1. The summed E-state index contributed by atoms with van der Waals surface area (Å²) in [6.45, 7) is 2.00. The second-order valence-corrected chi connectivity index (χ2v) is 9.89. The Hall–Kier alpha value is -6.04. The van der Waals surface area contributed by atoms with Crippen molar-refractivity contribution in [3.63, 3.8) is 0 Å². The van der Waals surface area contributed by atoms with Gasteiger partial charge in [0.25, 0.3) is 0 Å². The van der Waals surface area contributed by atoms with Crippen molar-refractivity contribution >= 4 is 22.8 Å². The Balaban J connectivity index is 1.69. The number of pyridine rings is 1. The zero-order valence-electron chi connectivity index (χ0n) is 23.2. The van der Waals surface area contributed by atoms with Crippen LogP contribution in [-0.2, 0) is 18.9 Å². The number of benzene rings is 3. The van der Waals surface area contributed by atoms with E-state index in [9.17, 15) is 15.8 Å². The normalized spacial score (nSPS) is 12.6. The van der Waals surface area contributed by atoms with Crippen molar-refractivity contribution in [3.8, 4) is 18.2 Å². The van der Waals surface area contributed by atoms with E-state index in [1.807, 2.05) is 79.2 Å². The average Bonchev–Trinajstić information content (AvgIpc) is 3.45. The maximum atomic E-state index is 10.8. The van der Waals surface area contributed by atoms with Crippen molar-refractivity contribution in [1.82, 2.24) is 14.5 Å². The fraction of sp³-hybridized carbons (Fsp3) is 0.118. The molecule has 2 heterocycles. The Morgan fingerprint density at radius 1 is 0.976 bits per heavy atom. The Bertz CT molecular complexity index is 1960. The smallest absolute Gasteiger partial charge is 0.149 e. The second-order valence-electron chi connectivity index (χ2n) is 9.89. The molecule has 0 saturated carbocycles. The number of aryl methyl sites for hydroxylation is 2. The first-order chi connectivity index (χ1) is 20.4. The molecule has 0 fully saturated rings. The molecule has 5 rings (SSSR count). The van der Waals surface area contributed by atoms with Crippen LogP contribution in [0.25, 0.3) is 10.9 Å². The van der Waals surface area contributed by atoms with E-state index in [2.05, 4.69) is 33.2 Å². The lowest BCUT2D eigenvalue weighted by molar-refractivity contribution is 0.698. The van der Waals surface area contributed by atoms with Gasteiger partial charge in [0.05, 0.1) is 41.1 Å². The summed E-state index contributed by atoms with van der Waals surface area (Å²) in [7, 11) is 1.86. The number of allylic oxidation sites excluding steroid dienone is 1. The molecule has 0 saturated heterocycles. The summed E-state index contributed by atoms with van der Waals surface area (Å²) in [4.78, 5) is 13.2. The summed E-state index contributed by atoms with van der Waals surface area (Å²) in [6, 6.07) is 27.9. The Labute approximate surface area is 244 Å². The second kappa shape index (κ2) is 11.6. The van der Waals surface area contributed by atoms with E-state index in [4.69, 9.17) is 5.73 Å². The molecule has 5 aromatic rings. The molecule has 0 radical (unpaired) electrons. The Morgan fingerprint density at radius 2 is 1.71 bits per heavy atom. The Kier molecular flexibility index (Phi) is 7.60. The number of rotatable bonds is 7. The predicted molar refractivity (Wildman–Crippen MR) is 162 cm³/mol. The van der Waals surface area contributed by atoms with Crippen LogP contribution < -0.4 is 5.73 Å². The molecule has 0 amide bonds. The summed E-state index contributed by atoms with van der Waals surface area (Å²) in [5.41, 5.74) is 10.6. The fourth-order valence-electron chi connectivity index (χ4n) is 5.18. The molecule has 202 valence electrons. The summed E-state index contributed by atoms with van der Waals surface area (Å²) in [6.07, 6.45) is 8.33. The van der Waals surface area contributed by atoms with Crippen LogP contribution in [0, 0.1) is 40.9 Å². The van der Waals surface area contributed by atoms with Gasteiger partial charge >= 0.3 is 0 Å². The van der Waals surface area contributed by atoms with Gasteiger partial charge in [0.1, 0.15) is 23.2 Å². The van der Waals surface area contributed by atoms with Gasteiger partial charge in [0.2, 0.25) is 0 Å². The van der Waals surface area contributed by atoms with Gasteiger partial charge in [-0.15, -0.1) is 0 Å². The van der Waals surface area contributed by atoms with Gasteiger partial charge in [0.15, 0.2) is 0 Å². The quantitative estimate of drug-likeness (QED) is 0.262. The number of nitrogens with two attached hydrogens (primary N) is 1. The molecule has 2 aromatic heterocycles. The highest BCUT2D eigenvalue weighted by Crippen LogP contribution is 2.40. The monoisotopic (exact) mass is 546 g/mol. The molecule has 0 spiro atoms. The van der Waals surface area contributed by atoms with Gasteiger partial charge in [-0.25, -0.2) is 9.97 Å². The lowest BCUT2D eigenvalue weighted by atomic mass is 9.72. The first-order valence-electron chi connectivity index (χ1n) is 13.2. The third kappa shape index (κ3) is 4.88. The maximum absolute atomic E-state index is 10.8. The van der Waals surface area contributed by atoms with E-state index in [0.717, 1.165) is 22.4 Å². The molecule has 8 heteroatoms. The molecule has 8 nitrogen and oxygen atoms in total. The number of fused-ring (bicyclic) bond motifs is 1. The maximum Gasteiger partial charge on any atom is 0.149 e. The van der Waals surface area contributed by atoms with Crippen LogP contribution in [0.3, 0.4) is 0 Å². The third-order valence-corrected chi connectivity index (χ3v) is 7.33. The molecular weight excluding hydrogens is 520 g/mol. The molecule has 1 unspecified atom stereocenters. The Morgan fingerprint density at radius 3 is 2.33 bits per heavy atom. The average molecular weight is 547 g/mol. The molecule has 1 atom stereocenters. The van der Waals surface area contributed by atoms with Crippen LogP contribution in [0.15, 0.2) is 96.5 Å². The molecule has 42 heavy (non-hydrogen) atoms. The summed E-state index contributed by atoms with van der Waals surface area (Å²) >= 11 is 0. The van der Waals surface area contributed by atoms with Gasteiger partial charge in [-0.1, -0.05) is 48.0 Å². The van der Waals surface area contributed by atoms with Crippen LogP contribution in [0.5, 0.6) is 0 Å². The lowest BCUT2D eigenvalue weighted by Crippen LogP contribution is -2.30. The molecule has 0 bridgehead atoms. The fourth-order valence-corrected chi connectivity index (χ4v) is 5.18. The van der Waals surface area contributed by atoms with E-state index < -0.39 is 5.41 Å². The van der Waals surface area contributed by atoms with Crippen LogP contribution in [0.4, 0.5) is 5.69 Å². The van der Waals surface area contributed by atoms with Gasteiger partial charge in [-0.3, -0.25) is 4.99 Å². The third-order valence-electron chi connectivity index (χ3n) is 7.33. The van der Waals surface area contributed by atoms with E-state index in [1.165, 1.54) is 6.20 Å². The highest BCUT2D eigenvalue weighted by molar-refractivity contribution is 5.88. The summed E-state index contributed by atoms with van der Waals surface area (Å²) < 4.78 is 1.83. The molecule has 0 aliphatic heterocycles. The molecular formula is C34H26N8. The zero-order valence-corrected chi connectivity index (χ0v) is 23.2. The molecule has 2 N–H and O–H groups in total. The first kappa shape index (κ1) is 27.5. The highest BCUT2D eigenvalue weighted by Gasteiger charge is 2.39. The minimum Gasteiger partial charge on any atom is -0.405 e. The molecule has 0 aliphatic carbocycles. The standard InChI is InChI=1S/C34H26N8/c1-23-4-8-25(9-5-23)34(21-38,33-20-39-22-42(33)2)26-10-13-31-29(17-26)30(18-36)28(32(19-37)41-31)16-24-6-11-27(12-7-24)40-15-3-14-35/h3-15,17,20,22H,16,35H2,1-2H3. The summed E-state index contributed by atoms with van der Waals surface area (Å²) in [5, 5.41) is 31.8. The van der Waals surface area contributed by atoms with Crippen LogP contribution in [0.2, 0.25) is 0 Å². The SMILES string of the molecule is Cc1ccc(C(C#N)(c2ccc3nc(C#N)c(Cc4ccc(N=CC=CN)cc4)c(C#N)c3c2)c2cncn2C)cc1. The number of aromatic nitrogens is 3. The van der Waals surface area contributed by atoms with Crippen LogP contribution in [-0.4, -0.2) is 20.7 Å². The number of imidazole rings is 1. The first-order valence-corrected chi connectivity index (χ1v) is 13.2. The van der Waals surface area contributed by atoms with Gasteiger partial charge in [0, 0.05) is 30.6 Å². The minimum atomic E-state index is -1.20. The predicted octanol–water partition coefficient (Wildman–Crippen LogP) is 5.64.